The third-order valence-electron chi connectivity index (χ3n) is 3.47. The highest BCUT2D eigenvalue weighted by Gasteiger charge is 2.21. The summed E-state index contributed by atoms with van der Waals surface area (Å²) in [7, 11) is 0. The molecule has 1 aromatic heterocycles. The molecule has 1 saturated heterocycles. The second kappa shape index (κ2) is 4.60. The molecule has 96 valence electrons. The molecule has 0 unspecified atom stereocenters. The number of anilines is 1. The Kier molecular flexibility index (Phi) is 2.92. The number of hydrogen-bond acceptors (Lipinski definition) is 3. The Morgan fingerprint density at radius 2 is 2.26 bits per heavy atom. The molecule has 2 heterocycles. The topological polar surface area (TPSA) is 59.9 Å². The Morgan fingerprint density at radius 3 is 3.00 bits per heavy atom. The SMILES string of the molecule is N#Cc1c[nH]c2c(N3CCCC(=O)C3)ccc(Cl)c12. The summed E-state index contributed by atoms with van der Waals surface area (Å²) in [5, 5.41) is 10.4. The zero-order chi connectivity index (χ0) is 13.4. The lowest BCUT2D eigenvalue weighted by molar-refractivity contribution is -0.118. The maximum Gasteiger partial charge on any atom is 0.152 e. The number of H-pyrrole nitrogens is 1. The minimum Gasteiger partial charge on any atom is -0.362 e. The van der Waals surface area contributed by atoms with E-state index in [1.165, 1.54) is 0 Å². The van der Waals surface area contributed by atoms with Gasteiger partial charge in [0.25, 0.3) is 0 Å². The maximum absolute atomic E-state index is 11.6. The quantitative estimate of drug-likeness (QED) is 0.869. The Bertz CT molecular complexity index is 699. The number of Topliss-reactive ketones (excluding diaryl/α,β-unsaturated/α-hetero) is 1. The van der Waals surface area contributed by atoms with Gasteiger partial charge in [-0.25, -0.2) is 0 Å². The van der Waals surface area contributed by atoms with Crippen LogP contribution in [-0.2, 0) is 4.79 Å². The summed E-state index contributed by atoms with van der Waals surface area (Å²) in [5.41, 5.74) is 2.30. The van der Waals surface area contributed by atoms with E-state index in [0.29, 0.717) is 23.6 Å². The standard InChI is InChI=1S/C14H12ClN3O/c15-11-3-4-12(18-5-1-2-10(19)8-18)14-13(11)9(6-16)7-17-14/h3-4,7,17H,1-2,5,8H2. The van der Waals surface area contributed by atoms with Crippen molar-refractivity contribution in [2.24, 2.45) is 0 Å². The fourth-order valence-corrected chi connectivity index (χ4v) is 2.85. The minimum atomic E-state index is 0.251. The van der Waals surface area contributed by atoms with Crippen LogP contribution >= 0.6 is 11.6 Å². The highest BCUT2D eigenvalue weighted by molar-refractivity contribution is 6.36. The van der Waals surface area contributed by atoms with Crippen molar-refractivity contribution >= 4 is 34.0 Å². The van der Waals surface area contributed by atoms with Gasteiger partial charge >= 0.3 is 0 Å². The number of piperidine rings is 1. The second-order valence-corrected chi connectivity index (χ2v) is 5.10. The third kappa shape index (κ3) is 1.96. The molecule has 3 rings (SSSR count). The smallest absolute Gasteiger partial charge is 0.152 e. The number of aromatic amines is 1. The van der Waals surface area contributed by atoms with E-state index in [4.69, 9.17) is 16.9 Å². The average Bonchev–Trinajstić information content (AvgIpc) is 2.84. The third-order valence-corrected chi connectivity index (χ3v) is 3.79. The van der Waals surface area contributed by atoms with Gasteiger partial charge < -0.3 is 9.88 Å². The lowest BCUT2D eigenvalue weighted by atomic mass is 10.1. The number of halogens is 1. The highest BCUT2D eigenvalue weighted by Crippen LogP contribution is 2.34. The zero-order valence-corrected chi connectivity index (χ0v) is 11.0. The van der Waals surface area contributed by atoms with Gasteiger partial charge in [0.1, 0.15) is 6.07 Å². The molecular weight excluding hydrogens is 262 g/mol. The molecule has 1 aliphatic heterocycles. The minimum absolute atomic E-state index is 0.251. The van der Waals surface area contributed by atoms with E-state index < -0.39 is 0 Å². The van der Waals surface area contributed by atoms with Crippen LogP contribution in [0.1, 0.15) is 18.4 Å². The predicted octanol–water partition coefficient (Wildman–Crippen LogP) is 2.86. The zero-order valence-electron chi connectivity index (χ0n) is 10.2. The van der Waals surface area contributed by atoms with Crippen molar-refractivity contribution in [2.45, 2.75) is 12.8 Å². The van der Waals surface area contributed by atoms with Gasteiger partial charge in [-0.05, 0) is 18.6 Å². The van der Waals surface area contributed by atoms with Crippen LogP contribution in [0.2, 0.25) is 5.02 Å². The van der Waals surface area contributed by atoms with Crippen molar-refractivity contribution in [3.05, 3.63) is 28.9 Å². The van der Waals surface area contributed by atoms with E-state index in [-0.39, 0.29) is 5.78 Å². The lowest BCUT2D eigenvalue weighted by Gasteiger charge is -2.28. The Balaban J connectivity index is 2.15. The molecule has 0 spiro atoms. The van der Waals surface area contributed by atoms with Crippen molar-refractivity contribution in [1.82, 2.24) is 4.98 Å². The summed E-state index contributed by atoms with van der Waals surface area (Å²) in [5.74, 6) is 0.251. The Morgan fingerprint density at radius 1 is 1.42 bits per heavy atom. The first-order chi connectivity index (χ1) is 9.20. The van der Waals surface area contributed by atoms with E-state index in [1.807, 2.05) is 11.0 Å². The summed E-state index contributed by atoms with van der Waals surface area (Å²) >= 11 is 6.17. The van der Waals surface area contributed by atoms with Crippen LogP contribution in [0.4, 0.5) is 5.69 Å². The fraction of sp³-hybridized carbons (Fsp3) is 0.286. The molecule has 2 aromatic rings. The number of nitrogens with zero attached hydrogens (tertiary/aromatic N) is 2. The van der Waals surface area contributed by atoms with Gasteiger partial charge in [-0.1, -0.05) is 11.6 Å². The van der Waals surface area contributed by atoms with Gasteiger partial charge in [0, 0.05) is 24.5 Å². The van der Waals surface area contributed by atoms with Crippen molar-refractivity contribution in [3.63, 3.8) is 0 Å². The predicted molar refractivity (Wildman–Crippen MR) is 74.5 cm³/mol. The molecule has 0 saturated carbocycles. The van der Waals surface area contributed by atoms with Gasteiger partial charge in [-0.2, -0.15) is 5.26 Å². The molecule has 1 N–H and O–H groups in total. The number of rotatable bonds is 1. The molecular formula is C14H12ClN3O. The molecule has 19 heavy (non-hydrogen) atoms. The number of hydrogen-bond donors (Lipinski definition) is 1. The number of aromatic nitrogens is 1. The second-order valence-electron chi connectivity index (χ2n) is 4.69. The molecule has 1 fully saturated rings. The Hall–Kier alpha value is -1.99. The lowest BCUT2D eigenvalue weighted by Crippen LogP contribution is -2.35. The van der Waals surface area contributed by atoms with E-state index in [0.717, 1.165) is 29.6 Å². The molecule has 0 radical (unpaired) electrons. The van der Waals surface area contributed by atoms with Crippen LogP contribution in [0.5, 0.6) is 0 Å². The van der Waals surface area contributed by atoms with Crippen molar-refractivity contribution < 1.29 is 4.79 Å². The number of carbonyl (C=O) groups excluding carboxylic acids is 1. The summed E-state index contributed by atoms with van der Waals surface area (Å²) in [4.78, 5) is 16.7. The van der Waals surface area contributed by atoms with E-state index in [2.05, 4.69) is 11.1 Å². The molecule has 5 heteroatoms. The van der Waals surface area contributed by atoms with E-state index in [1.54, 1.807) is 12.3 Å². The number of fused-ring (bicyclic) bond motifs is 1. The van der Waals surface area contributed by atoms with Crippen LogP contribution < -0.4 is 4.90 Å². The molecule has 1 aliphatic rings. The number of nitriles is 1. The van der Waals surface area contributed by atoms with Gasteiger partial charge in [-0.15, -0.1) is 0 Å². The summed E-state index contributed by atoms with van der Waals surface area (Å²) < 4.78 is 0. The fourth-order valence-electron chi connectivity index (χ4n) is 2.59. The normalized spacial score (nSPS) is 15.8. The van der Waals surface area contributed by atoms with Crippen LogP contribution in [0, 0.1) is 11.3 Å². The first-order valence-electron chi connectivity index (χ1n) is 6.17. The first-order valence-corrected chi connectivity index (χ1v) is 6.55. The molecule has 1 aromatic carbocycles. The number of benzene rings is 1. The van der Waals surface area contributed by atoms with E-state index >= 15 is 0 Å². The van der Waals surface area contributed by atoms with Crippen molar-refractivity contribution in [3.8, 4) is 6.07 Å². The van der Waals surface area contributed by atoms with Gasteiger partial charge in [-0.3, -0.25) is 4.79 Å². The summed E-state index contributed by atoms with van der Waals surface area (Å²) in [6, 6.07) is 5.82. The monoisotopic (exact) mass is 273 g/mol. The summed E-state index contributed by atoms with van der Waals surface area (Å²) in [6.45, 7) is 1.28. The maximum atomic E-state index is 11.6. The van der Waals surface area contributed by atoms with Crippen LogP contribution in [0.25, 0.3) is 10.9 Å². The van der Waals surface area contributed by atoms with Crippen LogP contribution in [-0.4, -0.2) is 23.9 Å². The van der Waals surface area contributed by atoms with Crippen LogP contribution in [0.15, 0.2) is 18.3 Å². The molecule has 4 nitrogen and oxygen atoms in total. The van der Waals surface area contributed by atoms with Crippen molar-refractivity contribution in [2.75, 3.05) is 18.0 Å². The molecule has 0 amide bonds. The van der Waals surface area contributed by atoms with Crippen molar-refractivity contribution in [1.29, 1.82) is 5.26 Å². The van der Waals surface area contributed by atoms with Gasteiger partial charge in [0.2, 0.25) is 0 Å². The highest BCUT2D eigenvalue weighted by atomic mass is 35.5. The largest absolute Gasteiger partial charge is 0.362 e. The first kappa shape index (κ1) is 12.1. The average molecular weight is 274 g/mol. The molecule has 0 atom stereocenters. The number of ketones is 1. The van der Waals surface area contributed by atoms with Gasteiger partial charge in [0.15, 0.2) is 5.78 Å². The number of carbonyl (C=O) groups is 1. The molecule has 0 bridgehead atoms. The number of nitrogens with one attached hydrogen (secondary N) is 1. The van der Waals surface area contributed by atoms with Gasteiger partial charge in [0.05, 0.1) is 28.3 Å². The van der Waals surface area contributed by atoms with E-state index in [9.17, 15) is 4.79 Å². The summed E-state index contributed by atoms with van der Waals surface area (Å²) in [6.07, 6.45) is 3.18. The van der Waals surface area contributed by atoms with Crippen LogP contribution in [0.3, 0.4) is 0 Å². The molecule has 0 aliphatic carbocycles. The Labute approximate surface area is 115 Å².